The van der Waals surface area contributed by atoms with Crippen LogP contribution in [-0.2, 0) is 14.4 Å². The zero-order valence-corrected chi connectivity index (χ0v) is 20.9. The van der Waals surface area contributed by atoms with Crippen molar-refractivity contribution >= 4 is 17.3 Å². The molecule has 0 saturated carbocycles. The van der Waals surface area contributed by atoms with E-state index in [0.717, 1.165) is 11.1 Å². The number of hydrogen-bond acceptors (Lipinski definition) is 6. The van der Waals surface area contributed by atoms with Gasteiger partial charge in [0.25, 0.3) is 0 Å². The summed E-state index contributed by atoms with van der Waals surface area (Å²) in [7, 11) is 0. The lowest BCUT2D eigenvalue weighted by atomic mass is 9.75. The number of carbonyl (C=O) groups excluding carboxylic acids is 3. The van der Waals surface area contributed by atoms with Gasteiger partial charge in [0.2, 0.25) is 0 Å². The fourth-order valence-electron chi connectivity index (χ4n) is 3.91. The number of carbonyl (C=O) groups is 3. The summed E-state index contributed by atoms with van der Waals surface area (Å²) in [5.41, 5.74) is 7.01. The number of benzene rings is 1. The Labute approximate surface area is 197 Å². The van der Waals surface area contributed by atoms with Crippen molar-refractivity contribution < 1.29 is 24.6 Å². The maximum atomic E-state index is 11.4. The first kappa shape index (κ1) is 28.6. The largest absolute Gasteiger partial charge is 0.388 e. The molecule has 3 rings (SSSR count). The second-order valence-electron chi connectivity index (χ2n) is 10.3. The van der Waals surface area contributed by atoms with Crippen LogP contribution in [0, 0.1) is 10.8 Å². The molecule has 0 unspecified atom stereocenters. The first-order valence-electron chi connectivity index (χ1n) is 11.2. The van der Waals surface area contributed by atoms with Gasteiger partial charge in [0.15, 0.2) is 17.3 Å². The molecule has 0 saturated heterocycles. The molecular formula is C27H39NO5. The first-order chi connectivity index (χ1) is 15.1. The standard InChI is InChI=1S/C9H13NO.C9H14O2.C9H12O2/c1-7(10)9(11)8-5-3-2-4-6-8;2*1-6-4-7(10)5-9(2,3)8(6)11/h2-7,9,11H,10H2,1H3;4,8,11H,5H2,1-3H3;4H,5H2,1-3H3/t7-,9-;8-;/m00./s1. The van der Waals surface area contributed by atoms with Crippen LogP contribution in [0.15, 0.2) is 53.6 Å². The van der Waals surface area contributed by atoms with Crippen LogP contribution in [0.5, 0.6) is 0 Å². The number of aliphatic hydroxyl groups is 2. The molecule has 6 nitrogen and oxygen atoms in total. The van der Waals surface area contributed by atoms with Gasteiger partial charge in [-0.05, 0) is 49.6 Å². The smallest absolute Gasteiger partial charge is 0.164 e. The normalized spacial score (nSPS) is 23.1. The molecule has 182 valence electrons. The van der Waals surface area contributed by atoms with E-state index in [9.17, 15) is 24.6 Å². The van der Waals surface area contributed by atoms with Crippen LogP contribution in [0.4, 0.5) is 0 Å². The van der Waals surface area contributed by atoms with Crippen molar-refractivity contribution in [2.24, 2.45) is 16.6 Å². The van der Waals surface area contributed by atoms with E-state index in [2.05, 4.69) is 0 Å². The summed E-state index contributed by atoms with van der Waals surface area (Å²) >= 11 is 0. The minimum atomic E-state index is -0.545. The third-order valence-electron chi connectivity index (χ3n) is 5.80. The molecular weight excluding hydrogens is 418 g/mol. The molecule has 4 N–H and O–H groups in total. The fraction of sp³-hybridized carbons (Fsp3) is 0.519. The van der Waals surface area contributed by atoms with E-state index < -0.39 is 17.6 Å². The Bertz CT molecular complexity index is 910. The van der Waals surface area contributed by atoms with Crippen molar-refractivity contribution in [3.8, 4) is 0 Å². The summed E-state index contributed by atoms with van der Waals surface area (Å²) in [6.45, 7) is 12.7. The molecule has 1 aromatic carbocycles. The Morgan fingerprint density at radius 3 is 1.91 bits per heavy atom. The fourth-order valence-corrected chi connectivity index (χ4v) is 3.91. The summed E-state index contributed by atoms with van der Waals surface area (Å²) in [4.78, 5) is 33.4. The lowest BCUT2D eigenvalue weighted by molar-refractivity contribution is -0.129. The van der Waals surface area contributed by atoms with Gasteiger partial charge in [-0.1, -0.05) is 58.0 Å². The Hall–Kier alpha value is -2.41. The Morgan fingerprint density at radius 2 is 1.45 bits per heavy atom. The molecule has 1 aromatic rings. The van der Waals surface area contributed by atoms with Gasteiger partial charge in [0, 0.05) is 29.7 Å². The maximum absolute atomic E-state index is 11.4. The predicted octanol–water partition coefficient (Wildman–Crippen LogP) is 3.86. The number of rotatable bonds is 2. The van der Waals surface area contributed by atoms with Crippen molar-refractivity contribution in [2.45, 2.75) is 79.6 Å². The van der Waals surface area contributed by atoms with E-state index in [-0.39, 0.29) is 28.8 Å². The van der Waals surface area contributed by atoms with E-state index in [0.29, 0.717) is 18.4 Å². The van der Waals surface area contributed by atoms with Gasteiger partial charge < -0.3 is 15.9 Å². The van der Waals surface area contributed by atoms with Crippen molar-refractivity contribution in [2.75, 3.05) is 0 Å². The molecule has 33 heavy (non-hydrogen) atoms. The molecule has 6 heteroatoms. The third-order valence-corrected chi connectivity index (χ3v) is 5.80. The van der Waals surface area contributed by atoms with Gasteiger partial charge >= 0.3 is 0 Å². The van der Waals surface area contributed by atoms with Gasteiger partial charge in [0.05, 0.1) is 12.2 Å². The van der Waals surface area contributed by atoms with Gasteiger partial charge in [0.1, 0.15) is 0 Å². The number of allylic oxidation sites excluding steroid dienone is 3. The number of Topliss-reactive ketones (excluding diaryl/α,β-unsaturated/α-hetero) is 1. The van der Waals surface area contributed by atoms with E-state index in [1.165, 1.54) is 12.2 Å². The molecule has 0 aliphatic heterocycles. The summed E-state index contributed by atoms with van der Waals surface area (Å²) in [5.74, 6) is 0.280. The van der Waals surface area contributed by atoms with E-state index in [1.54, 1.807) is 20.8 Å². The summed E-state index contributed by atoms with van der Waals surface area (Å²) in [6, 6.07) is 9.22. The van der Waals surface area contributed by atoms with Crippen molar-refractivity contribution in [3.05, 3.63) is 59.2 Å². The van der Waals surface area contributed by atoms with Crippen molar-refractivity contribution in [1.82, 2.24) is 0 Å². The summed E-state index contributed by atoms with van der Waals surface area (Å²) in [6.07, 6.45) is 2.77. The number of nitrogens with two attached hydrogens (primary N) is 1. The van der Waals surface area contributed by atoms with Crippen LogP contribution >= 0.6 is 0 Å². The number of ketones is 3. The molecule has 2 aliphatic rings. The lowest BCUT2D eigenvalue weighted by Gasteiger charge is -2.33. The van der Waals surface area contributed by atoms with E-state index >= 15 is 0 Å². The quantitative estimate of drug-likeness (QED) is 0.621. The highest BCUT2D eigenvalue weighted by Gasteiger charge is 2.35. The molecule has 0 aromatic heterocycles. The highest BCUT2D eigenvalue weighted by molar-refractivity contribution is 6.10. The second-order valence-corrected chi connectivity index (χ2v) is 10.3. The van der Waals surface area contributed by atoms with Crippen LogP contribution in [0.2, 0.25) is 0 Å². The zero-order chi connectivity index (χ0) is 25.6. The second kappa shape index (κ2) is 11.6. The Balaban J connectivity index is 0.000000247. The monoisotopic (exact) mass is 457 g/mol. The molecule has 0 spiro atoms. The summed E-state index contributed by atoms with van der Waals surface area (Å²) < 4.78 is 0. The molecule has 0 radical (unpaired) electrons. The number of aliphatic hydroxyl groups excluding tert-OH is 2. The molecule has 0 amide bonds. The predicted molar refractivity (Wildman–Crippen MR) is 130 cm³/mol. The molecule has 2 aliphatic carbocycles. The average molecular weight is 458 g/mol. The molecule has 0 fully saturated rings. The minimum absolute atomic E-state index is 0.0621. The average Bonchev–Trinajstić information content (AvgIpc) is 2.70. The van der Waals surface area contributed by atoms with Crippen LogP contribution in [0.25, 0.3) is 0 Å². The van der Waals surface area contributed by atoms with E-state index in [4.69, 9.17) is 5.73 Å². The number of hydrogen-bond donors (Lipinski definition) is 3. The molecule has 0 heterocycles. The van der Waals surface area contributed by atoms with Gasteiger partial charge in [-0.3, -0.25) is 14.4 Å². The zero-order valence-electron chi connectivity index (χ0n) is 20.9. The van der Waals surface area contributed by atoms with E-state index in [1.807, 2.05) is 58.0 Å². The van der Waals surface area contributed by atoms with Crippen LogP contribution < -0.4 is 5.73 Å². The summed E-state index contributed by atoms with van der Waals surface area (Å²) in [5, 5.41) is 19.1. The highest BCUT2D eigenvalue weighted by atomic mass is 16.3. The minimum Gasteiger partial charge on any atom is -0.388 e. The molecule has 3 atom stereocenters. The Kier molecular flexibility index (Phi) is 10.1. The topological polar surface area (TPSA) is 118 Å². The van der Waals surface area contributed by atoms with Crippen LogP contribution in [-0.4, -0.2) is 39.7 Å². The van der Waals surface area contributed by atoms with Gasteiger partial charge in [-0.15, -0.1) is 0 Å². The Morgan fingerprint density at radius 1 is 0.939 bits per heavy atom. The van der Waals surface area contributed by atoms with Crippen molar-refractivity contribution in [1.29, 1.82) is 0 Å². The van der Waals surface area contributed by atoms with Crippen molar-refractivity contribution in [3.63, 3.8) is 0 Å². The van der Waals surface area contributed by atoms with Crippen LogP contribution in [0.3, 0.4) is 0 Å². The highest BCUT2D eigenvalue weighted by Crippen LogP contribution is 2.33. The lowest BCUT2D eigenvalue weighted by Crippen LogP contribution is -2.35. The molecule has 0 bridgehead atoms. The van der Waals surface area contributed by atoms with Crippen LogP contribution in [0.1, 0.15) is 73.0 Å². The maximum Gasteiger partial charge on any atom is 0.164 e. The third kappa shape index (κ3) is 8.46. The van der Waals surface area contributed by atoms with Gasteiger partial charge in [-0.2, -0.15) is 0 Å². The van der Waals surface area contributed by atoms with Gasteiger partial charge in [-0.25, -0.2) is 0 Å². The SMILES string of the molecule is CC1=CC(=O)CC(C)(C)C1=O.CC1=CC(=O)CC(C)(C)[C@H]1O.C[C@H](N)[C@H](O)c1ccccc1. The first-order valence-corrected chi connectivity index (χ1v) is 11.2.